The summed E-state index contributed by atoms with van der Waals surface area (Å²) >= 11 is 6.52. The highest BCUT2D eigenvalue weighted by Crippen LogP contribution is 2.40. The van der Waals surface area contributed by atoms with Crippen molar-refractivity contribution in [3.8, 4) is 0 Å². The minimum Gasteiger partial charge on any atom is -0.302 e. The predicted molar refractivity (Wildman–Crippen MR) is 78.4 cm³/mol. The molecule has 2 amide bonds. The van der Waals surface area contributed by atoms with Gasteiger partial charge in [-0.05, 0) is 30.3 Å². The summed E-state index contributed by atoms with van der Waals surface area (Å²) in [7, 11) is 0. The van der Waals surface area contributed by atoms with E-state index in [0.29, 0.717) is 11.7 Å². The monoisotopic (exact) mass is 288 g/mol. The van der Waals surface area contributed by atoms with Gasteiger partial charge in [0.05, 0.1) is 0 Å². The van der Waals surface area contributed by atoms with Crippen LogP contribution in [0.4, 0.5) is 0 Å². The van der Waals surface area contributed by atoms with Crippen molar-refractivity contribution in [1.82, 2.24) is 10.6 Å². The van der Waals surface area contributed by atoms with E-state index in [2.05, 4.69) is 24.5 Å². The van der Waals surface area contributed by atoms with E-state index in [-0.39, 0.29) is 22.2 Å². The number of hydrogen-bond donors (Lipinski definition) is 2. The highest BCUT2D eigenvalue weighted by atomic mass is 32.2. The van der Waals surface area contributed by atoms with Crippen LogP contribution in [0.1, 0.15) is 40.5 Å². The standard InChI is InChI=1S/C12H20N2O2S2/c1-5-8(18-7(3)4)12(6-2)9(15)13-11(17)14-10(12)16/h7-8H,5-6H2,1-4H3,(H2,13,14,15,16,17). The molecular formula is C12H20N2O2S2. The lowest BCUT2D eigenvalue weighted by molar-refractivity contribution is -0.143. The van der Waals surface area contributed by atoms with Crippen LogP contribution in [0.3, 0.4) is 0 Å². The maximum Gasteiger partial charge on any atom is 0.242 e. The average molecular weight is 288 g/mol. The third-order valence-electron chi connectivity index (χ3n) is 3.18. The van der Waals surface area contributed by atoms with Gasteiger partial charge in [0, 0.05) is 5.25 Å². The van der Waals surface area contributed by atoms with Crippen LogP contribution in [0.2, 0.25) is 0 Å². The lowest BCUT2D eigenvalue weighted by Crippen LogP contribution is -2.65. The van der Waals surface area contributed by atoms with Crippen LogP contribution in [0.5, 0.6) is 0 Å². The molecule has 1 aliphatic heterocycles. The Bertz CT molecular complexity index is 349. The summed E-state index contributed by atoms with van der Waals surface area (Å²) in [6, 6.07) is 0. The first kappa shape index (κ1) is 15.4. The fourth-order valence-electron chi connectivity index (χ4n) is 2.29. The lowest BCUT2D eigenvalue weighted by Gasteiger charge is -2.40. The number of thioether (sulfide) groups is 1. The van der Waals surface area contributed by atoms with Gasteiger partial charge in [-0.3, -0.25) is 9.59 Å². The summed E-state index contributed by atoms with van der Waals surface area (Å²) in [5.74, 6) is -0.530. The van der Waals surface area contributed by atoms with E-state index in [1.165, 1.54) is 0 Å². The maximum atomic E-state index is 12.3. The molecule has 1 aliphatic rings. The van der Waals surface area contributed by atoms with Crippen molar-refractivity contribution in [2.75, 3.05) is 0 Å². The second kappa shape index (κ2) is 6.02. The topological polar surface area (TPSA) is 58.2 Å². The number of amides is 2. The van der Waals surface area contributed by atoms with E-state index in [9.17, 15) is 9.59 Å². The number of carbonyl (C=O) groups is 2. The van der Waals surface area contributed by atoms with Crippen LogP contribution in [0.15, 0.2) is 0 Å². The van der Waals surface area contributed by atoms with Gasteiger partial charge in [-0.2, -0.15) is 11.8 Å². The Morgan fingerprint density at radius 2 is 1.72 bits per heavy atom. The first-order valence-electron chi connectivity index (χ1n) is 6.20. The van der Waals surface area contributed by atoms with Crippen molar-refractivity contribution in [3.63, 3.8) is 0 Å². The van der Waals surface area contributed by atoms with Crippen molar-refractivity contribution in [2.24, 2.45) is 5.41 Å². The maximum absolute atomic E-state index is 12.3. The highest BCUT2D eigenvalue weighted by molar-refractivity contribution is 8.00. The molecule has 0 aromatic heterocycles. The molecule has 1 unspecified atom stereocenters. The third kappa shape index (κ3) is 2.69. The van der Waals surface area contributed by atoms with E-state index < -0.39 is 5.41 Å². The van der Waals surface area contributed by atoms with E-state index in [0.717, 1.165) is 6.42 Å². The molecule has 0 aromatic rings. The quantitative estimate of drug-likeness (QED) is 0.598. The van der Waals surface area contributed by atoms with Crippen LogP contribution >= 0.6 is 24.0 Å². The van der Waals surface area contributed by atoms with Crippen molar-refractivity contribution in [1.29, 1.82) is 0 Å². The van der Waals surface area contributed by atoms with E-state index in [1.54, 1.807) is 11.8 Å². The Balaban J connectivity index is 3.12. The van der Waals surface area contributed by atoms with Gasteiger partial charge < -0.3 is 10.6 Å². The van der Waals surface area contributed by atoms with Gasteiger partial charge in [0.15, 0.2) is 5.11 Å². The molecule has 0 saturated carbocycles. The van der Waals surface area contributed by atoms with Crippen LogP contribution in [0, 0.1) is 5.41 Å². The summed E-state index contributed by atoms with van der Waals surface area (Å²) in [6.45, 7) is 8.02. The van der Waals surface area contributed by atoms with Crippen molar-refractivity contribution >= 4 is 40.9 Å². The van der Waals surface area contributed by atoms with E-state index in [4.69, 9.17) is 12.2 Å². The normalized spacial score (nSPS) is 20.6. The van der Waals surface area contributed by atoms with Crippen molar-refractivity contribution < 1.29 is 9.59 Å². The van der Waals surface area contributed by atoms with Crippen LogP contribution in [0.25, 0.3) is 0 Å². The summed E-state index contributed by atoms with van der Waals surface area (Å²) in [6.07, 6.45) is 1.25. The molecular weight excluding hydrogens is 268 g/mol. The number of thiocarbonyl (C=S) groups is 1. The highest BCUT2D eigenvalue weighted by Gasteiger charge is 2.53. The largest absolute Gasteiger partial charge is 0.302 e. The Morgan fingerprint density at radius 3 is 2.06 bits per heavy atom. The number of carbonyl (C=O) groups excluding carboxylic acids is 2. The van der Waals surface area contributed by atoms with E-state index >= 15 is 0 Å². The van der Waals surface area contributed by atoms with Gasteiger partial charge in [-0.25, -0.2) is 0 Å². The van der Waals surface area contributed by atoms with Gasteiger partial charge in [0.2, 0.25) is 11.8 Å². The van der Waals surface area contributed by atoms with E-state index in [1.807, 2.05) is 13.8 Å². The molecule has 0 spiro atoms. The molecule has 102 valence electrons. The zero-order valence-electron chi connectivity index (χ0n) is 11.2. The summed E-state index contributed by atoms with van der Waals surface area (Å²) in [5, 5.41) is 5.62. The van der Waals surface area contributed by atoms with Crippen LogP contribution in [-0.4, -0.2) is 27.4 Å². The van der Waals surface area contributed by atoms with Gasteiger partial charge in [0.1, 0.15) is 5.41 Å². The fourth-order valence-corrected chi connectivity index (χ4v) is 3.94. The molecule has 0 bridgehead atoms. The number of rotatable bonds is 5. The zero-order valence-corrected chi connectivity index (χ0v) is 12.8. The van der Waals surface area contributed by atoms with Crippen molar-refractivity contribution in [2.45, 2.75) is 51.0 Å². The molecule has 2 N–H and O–H groups in total. The number of nitrogens with one attached hydrogen (secondary N) is 2. The second-order valence-electron chi connectivity index (χ2n) is 4.64. The predicted octanol–water partition coefficient (Wildman–Crippen LogP) is 1.83. The zero-order chi connectivity index (χ0) is 13.9. The lowest BCUT2D eigenvalue weighted by atomic mass is 9.77. The minimum atomic E-state index is -1.01. The third-order valence-corrected chi connectivity index (χ3v) is 4.99. The van der Waals surface area contributed by atoms with Crippen LogP contribution in [-0.2, 0) is 9.59 Å². The average Bonchev–Trinajstić information content (AvgIpc) is 2.26. The Hall–Kier alpha value is -0.620. The second-order valence-corrected chi connectivity index (χ2v) is 6.84. The molecule has 4 nitrogen and oxygen atoms in total. The van der Waals surface area contributed by atoms with Gasteiger partial charge in [-0.1, -0.05) is 27.7 Å². The molecule has 1 heterocycles. The van der Waals surface area contributed by atoms with Gasteiger partial charge in [0.25, 0.3) is 0 Å². The van der Waals surface area contributed by atoms with Gasteiger partial charge >= 0.3 is 0 Å². The molecule has 1 rings (SSSR count). The summed E-state index contributed by atoms with van der Waals surface area (Å²) < 4.78 is 0. The molecule has 6 heteroatoms. The molecule has 0 aliphatic carbocycles. The molecule has 1 saturated heterocycles. The molecule has 18 heavy (non-hydrogen) atoms. The molecule has 1 fully saturated rings. The smallest absolute Gasteiger partial charge is 0.242 e. The molecule has 0 aromatic carbocycles. The Kier molecular flexibility index (Phi) is 5.16. The minimum absolute atomic E-state index is 0.0365. The molecule has 1 atom stereocenters. The Morgan fingerprint density at radius 1 is 1.22 bits per heavy atom. The SMILES string of the molecule is CCC(SC(C)C)C1(CC)C(=O)NC(=S)NC1=O. The van der Waals surface area contributed by atoms with Crippen molar-refractivity contribution in [3.05, 3.63) is 0 Å². The first-order valence-corrected chi connectivity index (χ1v) is 7.55. The fraction of sp³-hybridized carbons (Fsp3) is 0.750. The summed E-state index contributed by atoms with van der Waals surface area (Å²) in [5.41, 5.74) is -1.01. The summed E-state index contributed by atoms with van der Waals surface area (Å²) in [4.78, 5) is 24.6. The Labute approximate surface area is 118 Å². The first-order chi connectivity index (χ1) is 8.38. The van der Waals surface area contributed by atoms with Gasteiger partial charge in [-0.15, -0.1) is 0 Å². The molecule has 0 radical (unpaired) electrons. The number of hydrogen-bond acceptors (Lipinski definition) is 4. The van der Waals surface area contributed by atoms with Crippen LogP contribution < -0.4 is 10.6 Å².